The van der Waals surface area contributed by atoms with Crippen LogP contribution < -0.4 is 0 Å². The van der Waals surface area contributed by atoms with E-state index in [-0.39, 0.29) is 5.91 Å². The van der Waals surface area contributed by atoms with Crippen LogP contribution in [-0.2, 0) is 0 Å². The van der Waals surface area contributed by atoms with Crippen molar-refractivity contribution in [3.63, 3.8) is 0 Å². The molecule has 2 nitrogen and oxygen atoms in total. The lowest BCUT2D eigenvalue weighted by Crippen LogP contribution is -2.36. The van der Waals surface area contributed by atoms with Crippen molar-refractivity contribution in [1.82, 2.24) is 4.90 Å². The Labute approximate surface area is 115 Å². The van der Waals surface area contributed by atoms with E-state index >= 15 is 0 Å². The minimum Gasteiger partial charge on any atom is -0.338 e. The largest absolute Gasteiger partial charge is 0.338 e. The second-order valence-corrected chi connectivity index (χ2v) is 7.13. The van der Waals surface area contributed by atoms with E-state index in [1.165, 1.54) is 37.0 Å². The summed E-state index contributed by atoms with van der Waals surface area (Å²) < 4.78 is 1.02. The van der Waals surface area contributed by atoms with Gasteiger partial charge in [0.15, 0.2) is 0 Å². The Hall–Kier alpha value is -0.350. The quantitative estimate of drug-likeness (QED) is 0.745. The van der Waals surface area contributed by atoms with Crippen LogP contribution in [0.2, 0.25) is 0 Å². The van der Waals surface area contributed by atoms with E-state index in [1.807, 2.05) is 24.1 Å². The van der Waals surface area contributed by atoms with E-state index in [4.69, 9.17) is 0 Å². The van der Waals surface area contributed by atoms with Crippen LogP contribution in [0.15, 0.2) is 15.9 Å². The van der Waals surface area contributed by atoms with Gasteiger partial charge in [-0.25, -0.2) is 0 Å². The maximum Gasteiger partial charge on any atom is 0.263 e. The van der Waals surface area contributed by atoms with E-state index in [0.29, 0.717) is 6.04 Å². The van der Waals surface area contributed by atoms with Gasteiger partial charge in [-0.2, -0.15) is 0 Å². The summed E-state index contributed by atoms with van der Waals surface area (Å²) in [6.45, 7) is 0. The summed E-state index contributed by atoms with van der Waals surface area (Å²) in [6, 6.07) is 4.29. The highest BCUT2D eigenvalue weighted by molar-refractivity contribution is 9.11. The number of thiophene rings is 1. The van der Waals surface area contributed by atoms with Crippen molar-refractivity contribution < 1.29 is 4.79 Å². The molecule has 2 rings (SSSR count). The molecule has 0 unspecified atom stereocenters. The summed E-state index contributed by atoms with van der Waals surface area (Å²) in [5, 5.41) is 0. The minimum atomic E-state index is 0.174. The van der Waals surface area contributed by atoms with Crippen molar-refractivity contribution in [3.8, 4) is 0 Å². The van der Waals surface area contributed by atoms with E-state index in [0.717, 1.165) is 21.5 Å². The number of carbonyl (C=O) groups excluding carboxylic acids is 1. The first kappa shape index (κ1) is 13.1. The molecule has 1 saturated carbocycles. The number of carbonyl (C=O) groups is 1. The summed E-state index contributed by atoms with van der Waals surface area (Å²) >= 11 is 4.92. The molecule has 0 spiro atoms. The lowest BCUT2D eigenvalue weighted by Gasteiger charge is -2.26. The van der Waals surface area contributed by atoms with E-state index in [1.54, 1.807) is 0 Å². The van der Waals surface area contributed by atoms with E-state index < -0.39 is 0 Å². The van der Waals surface area contributed by atoms with Gasteiger partial charge in [-0.15, -0.1) is 11.3 Å². The van der Waals surface area contributed by atoms with Crippen molar-refractivity contribution in [3.05, 3.63) is 20.8 Å². The number of halogens is 1. The summed E-state index contributed by atoms with van der Waals surface area (Å²) in [5.41, 5.74) is 0. The molecule has 17 heavy (non-hydrogen) atoms. The van der Waals surface area contributed by atoms with Gasteiger partial charge >= 0.3 is 0 Å². The maximum atomic E-state index is 12.3. The Balaban J connectivity index is 2.03. The van der Waals surface area contributed by atoms with Gasteiger partial charge in [0.1, 0.15) is 0 Å². The monoisotopic (exact) mass is 315 g/mol. The zero-order chi connectivity index (χ0) is 12.3. The van der Waals surface area contributed by atoms with Gasteiger partial charge in [0, 0.05) is 13.1 Å². The predicted molar refractivity (Wildman–Crippen MR) is 75.6 cm³/mol. The van der Waals surface area contributed by atoms with Gasteiger partial charge in [0.25, 0.3) is 5.91 Å². The smallest absolute Gasteiger partial charge is 0.263 e. The van der Waals surface area contributed by atoms with Gasteiger partial charge in [-0.05, 0) is 40.9 Å². The first-order chi connectivity index (χ1) is 8.18. The minimum absolute atomic E-state index is 0.174. The average Bonchev–Trinajstić information content (AvgIpc) is 2.60. The number of amides is 1. The fraction of sp³-hybridized carbons (Fsp3) is 0.615. The van der Waals surface area contributed by atoms with Crippen LogP contribution in [0.3, 0.4) is 0 Å². The maximum absolute atomic E-state index is 12.3. The Morgan fingerprint density at radius 2 is 1.94 bits per heavy atom. The molecule has 0 atom stereocenters. The van der Waals surface area contributed by atoms with E-state index in [9.17, 15) is 4.79 Å². The third-order valence-electron chi connectivity index (χ3n) is 3.48. The summed E-state index contributed by atoms with van der Waals surface area (Å²) in [4.78, 5) is 15.1. The molecule has 0 aliphatic heterocycles. The Bertz CT molecular complexity index is 383. The molecule has 0 radical (unpaired) electrons. The number of hydrogen-bond acceptors (Lipinski definition) is 2. The SMILES string of the molecule is CN(C(=O)c1ccc(Br)s1)C1CCCCCC1. The van der Waals surface area contributed by atoms with Gasteiger partial charge < -0.3 is 4.90 Å². The molecule has 94 valence electrons. The summed E-state index contributed by atoms with van der Waals surface area (Å²) in [7, 11) is 1.95. The van der Waals surface area contributed by atoms with Gasteiger partial charge in [0.2, 0.25) is 0 Å². The fourth-order valence-corrected chi connectivity index (χ4v) is 3.78. The molecule has 1 aliphatic carbocycles. The van der Waals surface area contributed by atoms with Crippen LogP contribution in [0.25, 0.3) is 0 Å². The lowest BCUT2D eigenvalue weighted by atomic mass is 10.1. The van der Waals surface area contributed by atoms with Crippen LogP contribution in [0, 0.1) is 0 Å². The third kappa shape index (κ3) is 3.32. The van der Waals surface area contributed by atoms with Crippen molar-refractivity contribution in [2.24, 2.45) is 0 Å². The number of hydrogen-bond donors (Lipinski definition) is 0. The summed E-state index contributed by atoms with van der Waals surface area (Å²) in [5.74, 6) is 0.174. The third-order valence-corrected chi connectivity index (χ3v) is 5.09. The van der Waals surface area contributed by atoms with Gasteiger partial charge in [0.05, 0.1) is 8.66 Å². The highest BCUT2D eigenvalue weighted by atomic mass is 79.9. The topological polar surface area (TPSA) is 20.3 Å². The zero-order valence-electron chi connectivity index (χ0n) is 10.1. The highest BCUT2D eigenvalue weighted by Gasteiger charge is 2.22. The molecule has 4 heteroatoms. The molecule has 1 aromatic rings. The molecule has 1 heterocycles. The Kier molecular flexibility index (Phi) is 4.62. The van der Waals surface area contributed by atoms with E-state index in [2.05, 4.69) is 15.9 Å². The molecule has 0 saturated heterocycles. The molecule has 1 aliphatic rings. The highest BCUT2D eigenvalue weighted by Crippen LogP contribution is 2.26. The number of rotatable bonds is 2. The first-order valence-corrected chi connectivity index (χ1v) is 7.82. The van der Waals surface area contributed by atoms with Crippen molar-refractivity contribution >= 4 is 33.2 Å². The van der Waals surface area contributed by atoms with Crippen LogP contribution in [-0.4, -0.2) is 23.9 Å². The summed E-state index contributed by atoms with van der Waals surface area (Å²) in [6.07, 6.45) is 7.49. The molecular formula is C13H18BrNOS. The molecular weight excluding hydrogens is 298 g/mol. The predicted octanol–water partition coefficient (Wildman–Crippen LogP) is 4.31. The Morgan fingerprint density at radius 1 is 1.29 bits per heavy atom. The standard InChI is InChI=1S/C13H18BrNOS/c1-15(10-6-4-2-3-5-7-10)13(16)11-8-9-12(14)17-11/h8-10H,2-7H2,1H3. The van der Waals surface area contributed by atoms with Crippen LogP contribution >= 0.6 is 27.3 Å². The fourth-order valence-electron chi connectivity index (χ4n) is 2.41. The molecule has 1 aromatic heterocycles. The number of nitrogens with zero attached hydrogens (tertiary/aromatic N) is 1. The molecule has 0 bridgehead atoms. The first-order valence-electron chi connectivity index (χ1n) is 6.21. The molecule has 0 N–H and O–H groups in total. The lowest BCUT2D eigenvalue weighted by molar-refractivity contribution is 0.0722. The van der Waals surface area contributed by atoms with Crippen LogP contribution in [0.5, 0.6) is 0 Å². The van der Waals surface area contributed by atoms with Crippen molar-refractivity contribution in [2.75, 3.05) is 7.05 Å². The van der Waals surface area contributed by atoms with Crippen LogP contribution in [0.4, 0.5) is 0 Å². The van der Waals surface area contributed by atoms with Crippen molar-refractivity contribution in [1.29, 1.82) is 0 Å². The molecule has 1 fully saturated rings. The van der Waals surface area contributed by atoms with Crippen LogP contribution in [0.1, 0.15) is 48.2 Å². The second kappa shape index (κ2) is 6.01. The van der Waals surface area contributed by atoms with Gasteiger partial charge in [-0.1, -0.05) is 25.7 Å². The van der Waals surface area contributed by atoms with Gasteiger partial charge in [-0.3, -0.25) is 4.79 Å². The van der Waals surface area contributed by atoms with Crippen molar-refractivity contribution in [2.45, 2.75) is 44.6 Å². The Morgan fingerprint density at radius 3 is 2.47 bits per heavy atom. The zero-order valence-corrected chi connectivity index (χ0v) is 12.5. The normalized spacial score (nSPS) is 17.8. The molecule has 1 amide bonds. The average molecular weight is 316 g/mol. The molecule has 0 aromatic carbocycles. The second-order valence-electron chi connectivity index (χ2n) is 4.67.